The van der Waals surface area contributed by atoms with Crippen LogP contribution >= 0.6 is 11.6 Å². The van der Waals surface area contributed by atoms with Gasteiger partial charge in [-0.25, -0.2) is 9.97 Å². The minimum absolute atomic E-state index is 0.467. The fourth-order valence-corrected chi connectivity index (χ4v) is 1.51. The maximum Gasteiger partial charge on any atom is 0.180 e. The van der Waals surface area contributed by atoms with Crippen LogP contribution in [0.15, 0.2) is 29.3 Å². The van der Waals surface area contributed by atoms with Crippen molar-refractivity contribution in [3.63, 3.8) is 0 Å². The predicted octanol–water partition coefficient (Wildman–Crippen LogP) is 2.64. The van der Waals surface area contributed by atoms with Gasteiger partial charge in [0.05, 0.1) is 18.4 Å². The van der Waals surface area contributed by atoms with Gasteiger partial charge in [-0.1, -0.05) is 11.6 Å². The fraction of sp³-hybridized carbons (Fsp3) is 0.200. The van der Waals surface area contributed by atoms with E-state index in [0.29, 0.717) is 11.7 Å². The van der Waals surface area contributed by atoms with E-state index in [9.17, 15) is 0 Å². The molecular weight excluding hydrogens is 214 g/mol. The second kappa shape index (κ2) is 4.31. The number of hydrogen-bond donors (Lipinski definition) is 1. The summed E-state index contributed by atoms with van der Waals surface area (Å²) in [4.78, 5) is 7.82. The monoisotopic (exact) mass is 223 g/mol. The molecule has 0 aliphatic carbocycles. The number of nitrogens with one attached hydrogen (secondary N) is 1. The van der Waals surface area contributed by atoms with Crippen molar-refractivity contribution in [1.82, 2.24) is 9.97 Å². The van der Waals surface area contributed by atoms with Crippen molar-refractivity contribution in [2.75, 3.05) is 5.32 Å². The van der Waals surface area contributed by atoms with Gasteiger partial charge in [0, 0.05) is 6.20 Å². The Kier molecular flexibility index (Phi) is 2.87. The molecule has 0 saturated carbocycles. The largest absolute Gasteiger partial charge is 0.447 e. The molecule has 0 bridgehead atoms. The molecule has 0 amide bonds. The Labute approximate surface area is 92.3 Å². The zero-order valence-corrected chi connectivity index (χ0v) is 8.95. The van der Waals surface area contributed by atoms with Gasteiger partial charge >= 0.3 is 0 Å². The zero-order chi connectivity index (χ0) is 10.7. The van der Waals surface area contributed by atoms with Gasteiger partial charge in [-0.3, -0.25) is 0 Å². The number of anilines is 1. The van der Waals surface area contributed by atoms with Crippen LogP contribution in [0.5, 0.6) is 0 Å². The Balaban J connectivity index is 2.11. The third-order valence-electron chi connectivity index (χ3n) is 2.04. The number of aromatic nitrogens is 2. The van der Waals surface area contributed by atoms with Crippen molar-refractivity contribution in [1.29, 1.82) is 0 Å². The van der Waals surface area contributed by atoms with E-state index in [1.54, 1.807) is 12.4 Å². The second-order valence-electron chi connectivity index (χ2n) is 3.11. The number of nitrogens with zero attached hydrogens (tertiary/aromatic N) is 2. The lowest BCUT2D eigenvalue weighted by Crippen LogP contribution is -2.01. The van der Waals surface area contributed by atoms with E-state index < -0.39 is 0 Å². The Morgan fingerprint density at radius 2 is 2.40 bits per heavy atom. The highest BCUT2D eigenvalue weighted by molar-refractivity contribution is 6.32. The first-order valence-corrected chi connectivity index (χ1v) is 4.87. The van der Waals surface area contributed by atoms with Gasteiger partial charge in [-0.2, -0.15) is 0 Å². The van der Waals surface area contributed by atoms with E-state index in [2.05, 4.69) is 15.3 Å². The second-order valence-corrected chi connectivity index (χ2v) is 3.47. The van der Waals surface area contributed by atoms with E-state index in [1.165, 1.54) is 6.39 Å². The molecule has 0 spiro atoms. The Morgan fingerprint density at radius 1 is 1.53 bits per heavy atom. The van der Waals surface area contributed by atoms with Crippen molar-refractivity contribution in [2.45, 2.75) is 13.5 Å². The fourth-order valence-electron chi connectivity index (χ4n) is 1.24. The molecule has 0 radical (unpaired) electrons. The van der Waals surface area contributed by atoms with E-state index in [1.807, 2.05) is 13.0 Å². The van der Waals surface area contributed by atoms with Crippen LogP contribution in [-0.2, 0) is 6.54 Å². The molecule has 0 aromatic carbocycles. The average Bonchev–Trinajstić information content (AvgIpc) is 2.70. The minimum atomic E-state index is 0.467. The molecule has 1 N–H and O–H groups in total. The maximum absolute atomic E-state index is 5.95. The normalized spacial score (nSPS) is 10.3. The van der Waals surface area contributed by atoms with Crippen LogP contribution in [0, 0.1) is 6.92 Å². The Hall–Kier alpha value is -1.55. The van der Waals surface area contributed by atoms with Crippen molar-refractivity contribution in [2.24, 2.45) is 0 Å². The smallest absolute Gasteiger partial charge is 0.180 e. The standard InChI is InChI=1S/C10H10ClN3O/c1-7-2-3-13-10(11)9(7)14-5-8-4-12-6-15-8/h2-4,6,14H,5H2,1H3. The van der Waals surface area contributed by atoms with E-state index in [4.69, 9.17) is 16.0 Å². The van der Waals surface area contributed by atoms with Crippen molar-refractivity contribution < 1.29 is 4.42 Å². The number of hydrogen-bond acceptors (Lipinski definition) is 4. The average molecular weight is 224 g/mol. The first kappa shape index (κ1) is 9.98. The SMILES string of the molecule is Cc1ccnc(Cl)c1NCc1cnco1. The number of pyridine rings is 1. The molecule has 0 atom stereocenters. The maximum atomic E-state index is 5.95. The number of halogens is 1. The molecule has 78 valence electrons. The highest BCUT2D eigenvalue weighted by Gasteiger charge is 2.05. The van der Waals surface area contributed by atoms with Crippen LogP contribution in [-0.4, -0.2) is 9.97 Å². The van der Waals surface area contributed by atoms with Crippen LogP contribution in [0.1, 0.15) is 11.3 Å². The number of oxazole rings is 1. The molecule has 0 fully saturated rings. The first-order chi connectivity index (χ1) is 7.27. The summed E-state index contributed by atoms with van der Waals surface area (Å²) >= 11 is 5.95. The summed E-state index contributed by atoms with van der Waals surface area (Å²) in [5, 5.41) is 3.62. The molecule has 5 heteroatoms. The third-order valence-corrected chi connectivity index (χ3v) is 2.32. The van der Waals surface area contributed by atoms with Gasteiger partial charge in [0.1, 0.15) is 5.76 Å². The first-order valence-electron chi connectivity index (χ1n) is 4.49. The van der Waals surface area contributed by atoms with Gasteiger partial charge in [0.15, 0.2) is 11.5 Å². The van der Waals surface area contributed by atoms with E-state index >= 15 is 0 Å². The molecular formula is C10H10ClN3O. The number of rotatable bonds is 3. The molecule has 2 rings (SSSR count). The summed E-state index contributed by atoms with van der Waals surface area (Å²) in [7, 11) is 0. The van der Waals surface area contributed by atoms with Crippen molar-refractivity contribution in [3.05, 3.63) is 41.3 Å². The molecule has 0 aliphatic rings. The van der Waals surface area contributed by atoms with Gasteiger partial charge in [0.2, 0.25) is 0 Å². The molecule has 0 unspecified atom stereocenters. The van der Waals surface area contributed by atoms with Crippen LogP contribution in [0.4, 0.5) is 5.69 Å². The van der Waals surface area contributed by atoms with Gasteiger partial charge in [-0.15, -0.1) is 0 Å². The lowest BCUT2D eigenvalue weighted by molar-refractivity contribution is 0.511. The van der Waals surface area contributed by atoms with Crippen molar-refractivity contribution >= 4 is 17.3 Å². The van der Waals surface area contributed by atoms with Crippen LogP contribution in [0.3, 0.4) is 0 Å². The van der Waals surface area contributed by atoms with Crippen LogP contribution in [0.25, 0.3) is 0 Å². The molecule has 15 heavy (non-hydrogen) atoms. The summed E-state index contributed by atoms with van der Waals surface area (Å²) in [6.07, 6.45) is 4.73. The summed E-state index contributed by atoms with van der Waals surface area (Å²) in [6.45, 7) is 2.52. The molecule has 2 aromatic heterocycles. The van der Waals surface area contributed by atoms with E-state index in [-0.39, 0.29) is 0 Å². The lowest BCUT2D eigenvalue weighted by Gasteiger charge is -2.08. The third kappa shape index (κ3) is 2.27. The molecule has 0 aliphatic heterocycles. The topological polar surface area (TPSA) is 51.0 Å². The molecule has 0 saturated heterocycles. The Bertz CT molecular complexity index is 422. The summed E-state index contributed by atoms with van der Waals surface area (Å²) in [5.74, 6) is 0.759. The van der Waals surface area contributed by atoms with Crippen LogP contribution < -0.4 is 5.32 Å². The minimum Gasteiger partial charge on any atom is -0.447 e. The zero-order valence-electron chi connectivity index (χ0n) is 8.20. The van der Waals surface area contributed by atoms with E-state index in [0.717, 1.165) is 17.0 Å². The van der Waals surface area contributed by atoms with Crippen LogP contribution in [0.2, 0.25) is 5.15 Å². The summed E-state index contributed by atoms with van der Waals surface area (Å²) in [6, 6.07) is 1.90. The molecule has 4 nitrogen and oxygen atoms in total. The van der Waals surface area contributed by atoms with Gasteiger partial charge < -0.3 is 9.73 Å². The quantitative estimate of drug-likeness (QED) is 0.813. The predicted molar refractivity (Wildman–Crippen MR) is 57.8 cm³/mol. The lowest BCUT2D eigenvalue weighted by atomic mass is 10.2. The van der Waals surface area contributed by atoms with Gasteiger partial charge in [-0.05, 0) is 18.6 Å². The van der Waals surface area contributed by atoms with Gasteiger partial charge in [0.25, 0.3) is 0 Å². The van der Waals surface area contributed by atoms with Crippen molar-refractivity contribution in [3.8, 4) is 0 Å². The summed E-state index contributed by atoms with van der Waals surface area (Å²) < 4.78 is 5.10. The molecule has 2 aromatic rings. The highest BCUT2D eigenvalue weighted by Crippen LogP contribution is 2.23. The Morgan fingerprint density at radius 3 is 3.07 bits per heavy atom. The molecule has 2 heterocycles. The summed E-state index contributed by atoms with van der Waals surface area (Å²) in [5.41, 5.74) is 1.88. The number of aryl methyl sites for hydroxylation is 1. The highest BCUT2D eigenvalue weighted by atomic mass is 35.5.